The number of benzene rings is 1. The highest BCUT2D eigenvalue weighted by Crippen LogP contribution is 2.31. The van der Waals surface area contributed by atoms with Gasteiger partial charge in [0.2, 0.25) is 0 Å². The normalized spacial score (nSPS) is 10.4. The Bertz CT molecular complexity index is 485. The van der Waals surface area contributed by atoms with E-state index in [0.717, 1.165) is 21.1 Å². The quantitative estimate of drug-likeness (QED) is 0.849. The number of hydrogen-bond acceptors (Lipinski definition) is 3. The number of halogens is 1. The van der Waals surface area contributed by atoms with Crippen LogP contribution in [-0.2, 0) is 0 Å². The molecular formula is C10H9BrN2O. The lowest BCUT2D eigenvalue weighted by Crippen LogP contribution is -1.93. The van der Waals surface area contributed by atoms with E-state index in [4.69, 9.17) is 10.5 Å². The first kappa shape index (κ1) is 9.27. The molecule has 0 amide bonds. The van der Waals surface area contributed by atoms with Crippen LogP contribution in [0.5, 0.6) is 5.75 Å². The number of rotatable bonds is 1. The highest BCUT2D eigenvalue weighted by molar-refractivity contribution is 9.10. The highest BCUT2D eigenvalue weighted by Gasteiger charge is 2.06. The summed E-state index contributed by atoms with van der Waals surface area (Å²) in [6.07, 6.45) is 1.68. The summed E-state index contributed by atoms with van der Waals surface area (Å²) in [5, 5.41) is 0.902. The van der Waals surface area contributed by atoms with Crippen molar-refractivity contribution >= 4 is 32.5 Å². The van der Waals surface area contributed by atoms with E-state index in [1.54, 1.807) is 13.3 Å². The number of anilines is 1. The summed E-state index contributed by atoms with van der Waals surface area (Å²) < 4.78 is 5.99. The molecule has 0 spiro atoms. The van der Waals surface area contributed by atoms with Crippen molar-refractivity contribution in [2.24, 2.45) is 0 Å². The minimum atomic E-state index is 0.689. The van der Waals surface area contributed by atoms with E-state index >= 15 is 0 Å². The summed E-state index contributed by atoms with van der Waals surface area (Å²) in [7, 11) is 1.62. The minimum absolute atomic E-state index is 0.689. The van der Waals surface area contributed by atoms with E-state index in [1.165, 1.54) is 0 Å². The van der Waals surface area contributed by atoms with Gasteiger partial charge in [0, 0.05) is 11.6 Å². The lowest BCUT2D eigenvalue weighted by molar-refractivity contribution is 0.419. The molecule has 1 aromatic carbocycles. The third-order valence-corrected chi connectivity index (χ3v) is 2.71. The number of nitrogens with zero attached hydrogens (tertiary/aromatic N) is 1. The smallest absolute Gasteiger partial charge is 0.145 e. The van der Waals surface area contributed by atoms with Crippen LogP contribution in [0.1, 0.15) is 0 Å². The van der Waals surface area contributed by atoms with E-state index in [-0.39, 0.29) is 0 Å². The van der Waals surface area contributed by atoms with Gasteiger partial charge in [-0.1, -0.05) is 12.1 Å². The Morgan fingerprint density at radius 3 is 2.93 bits per heavy atom. The van der Waals surface area contributed by atoms with E-state index in [1.807, 2.05) is 18.2 Å². The van der Waals surface area contributed by atoms with Crippen LogP contribution in [0.3, 0.4) is 0 Å². The zero-order chi connectivity index (χ0) is 10.1. The zero-order valence-electron chi connectivity index (χ0n) is 7.62. The van der Waals surface area contributed by atoms with Crippen LogP contribution < -0.4 is 10.5 Å². The number of nitrogen functional groups attached to an aromatic ring is 1. The van der Waals surface area contributed by atoms with Crippen LogP contribution >= 0.6 is 15.9 Å². The Kier molecular flexibility index (Phi) is 2.29. The van der Waals surface area contributed by atoms with Crippen LogP contribution in [0.15, 0.2) is 28.9 Å². The van der Waals surface area contributed by atoms with Crippen LogP contribution in [0, 0.1) is 0 Å². The molecule has 0 fully saturated rings. The number of aromatic nitrogens is 1. The molecule has 0 aliphatic heterocycles. The predicted molar refractivity (Wildman–Crippen MR) is 60.4 cm³/mol. The molecule has 2 rings (SSSR count). The maximum absolute atomic E-state index is 5.90. The van der Waals surface area contributed by atoms with Crippen molar-refractivity contribution in [2.45, 2.75) is 0 Å². The molecule has 72 valence electrons. The summed E-state index contributed by atoms with van der Waals surface area (Å²) in [5.74, 6) is 0.738. The highest BCUT2D eigenvalue weighted by atomic mass is 79.9. The van der Waals surface area contributed by atoms with Crippen molar-refractivity contribution in [3.63, 3.8) is 0 Å². The second-order valence-corrected chi connectivity index (χ2v) is 3.73. The van der Waals surface area contributed by atoms with Crippen molar-refractivity contribution in [1.29, 1.82) is 0 Å². The Labute approximate surface area is 90.0 Å². The first-order chi connectivity index (χ1) is 6.74. The van der Waals surface area contributed by atoms with Gasteiger partial charge in [0.25, 0.3) is 0 Å². The van der Waals surface area contributed by atoms with Crippen LogP contribution in [0.25, 0.3) is 10.9 Å². The molecule has 0 atom stereocenters. The van der Waals surface area contributed by atoms with Crippen LogP contribution in [0.4, 0.5) is 5.69 Å². The molecule has 2 aromatic rings. The van der Waals surface area contributed by atoms with Crippen molar-refractivity contribution in [2.75, 3.05) is 12.8 Å². The maximum atomic E-state index is 5.90. The molecular weight excluding hydrogens is 244 g/mol. The fraction of sp³-hybridized carbons (Fsp3) is 0.100. The minimum Gasteiger partial charge on any atom is -0.494 e. The van der Waals surface area contributed by atoms with Gasteiger partial charge in [0.05, 0.1) is 17.3 Å². The summed E-state index contributed by atoms with van der Waals surface area (Å²) in [6, 6.07) is 5.68. The maximum Gasteiger partial charge on any atom is 0.145 e. The Morgan fingerprint density at radius 2 is 2.21 bits per heavy atom. The van der Waals surface area contributed by atoms with Gasteiger partial charge in [0.1, 0.15) is 11.3 Å². The molecule has 1 aromatic heterocycles. The van der Waals surface area contributed by atoms with Gasteiger partial charge < -0.3 is 10.5 Å². The predicted octanol–water partition coefficient (Wildman–Crippen LogP) is 2.59. The number of pyridine rings is 1. The second kappa shape index (κ2) is 3.46. The number of para-hydroxylation sites is 1. The zero-order valence-corrected chi connectivity index (χ0v) is 9.21. The largest absolute Gasteiger partial charge is 0.494 e. The fourth-order valence-corrected chi connectivity index (χ4v) is 1.67. The Morgan fingerprint density at radius 1 is 1.43 bits per heavy atom. The van der Waals surface area contributed by atoms with Crippen molar-refractivity contribution in [3.8, 4) is 5.75 Å². The molecule has 4 heteroatoms. The van der Waals surface area contributed by atoms with Gasteiger partial charge in [0.15, 0.2) is 0 Å². The topological polar surface area (TPSA) is 48.1 Å². The van der Waals surface area contributed by atoms with Crippen LogP contribution in [0.2, 0.25) is 0 Å². The van der Waals surface area contributed by atoms with E-state index < -0.39 is 0 Å². The third kappa shape index (κ3) is 1.32. The lowest BCUT2D eigenvalue weighted by Gasteiger charge is -2.06. The molecule has 0 aliphatic rings. The molecule has 1 heterocycles. The molecule has 0 radical (unpaired) electrons. The van der Waals surface area contributed by atoms with Gasteiger partial charge in [-0.05, 0) is 22.0 Å². The summed E-state index contributed by atoms with van der Waals surface area (Å²) in [6.45, 7) is 0. The molecule has 0 bridgehead atoms. The second-order valence-electron chi connectivity index (χ2n) is 2.88. The molecule has 0 aliphatic carbocycles. The van der Waals surface area contributed by atoms with Crippen molar-refractivity contribution in [1.82, 2.24) is 4.98 Å². The van der Waals surface area contributed by atoms with Crippen molar-refractivity contribution < 1.29 is 4.74 Å². The molecule has 0 saturated carbocycles. The third-order valence-electron chi connectivity index (χ3n) is 2.07. The monoisotopic (exact) mass is 252 g/mol. The summed E-state index contributed by atoms with van der Waals surface area (Å²) in [4.78, 5) is 4.26. The molecule has 14 heavy (non-hydrogen) atoms. The van der Waals surface area contributed by atoms with Gasteiger partial charge in [-0.15, -0.1) is 0 Å². The van der Waals surface area contributed by atoms with Gasteiger partial charge in [-0.25, -0.2) is 0 Å². The molecule has 0 saturated heterocycles. The number of ether oxygens (including phenoxy) is 1. The summed E-state index contributed by atoms with van der Waals surface area (Å²) >= 11 is 3.33. The van der Waals surface area contributed by atoms with Gasteiger partial charge in [-0.2, -0.15) is 0 Å². The number of fused-ring (bicyclic) bond motifs is 1. The van der Waals surface area contributed by atoms with E-state index in [9.17, 15) is 0 Å². The molecule has 0 unspecified atom stereocenters. The first-order valence-corrected chi connectivity index (χ1v) is 4.90. The Hall–Kier alpha value is -1.29. The van der Waals surface area contributed by atoms with Gasteiger partial charge >= 0.3 is 0 Å². The van der Waals surface area contributed by atoms with E-state index in [0.29, 0.717) is 5.69 Å². The molecule has 3 nitrogen and oxygen atoms in total. The average Bonchev–Trinajstić information content (AvgIpc) is 2.23. The Balaban J connectivity index is 2.86. The van der Waals surface area contributed by atoms with E-state index in [2.05, 4.69) is 20.9 Å². The molecule has 2 N–H and O–H groups in total. The summed E-state index contributed by atoms with van der Waals surface area (Å²) in [5.41, 5.74) is 7.38. The number of methoxy groups -OCH3 is 1. The average molecular weight is 253 g/mol. The van der Waals surface area contributed by atoms with Crippen molar-refractivity contribution in [3.05, 3.63) is 28.9 Å². The number of nitrogens with two attached hydrogens (primary N) is 1. The fourth-order valence-electron chi connectivity index (χ4n) is 1.36. The number of hydrogen-bond donors (Lipinski definition) is 1. The lowest BCUT2D eigenvalue weighted by atomic mass is 10.2. The SMILES string of the molecule is COc1cccc2c(N)c(Br)cnc12. The first-order valence-electron chi connectivity index (χ1n) is 4.10. The van der Waals surface area contributed by atoms with Crippen LogP contribution in [-0.4, -0.2) is 12.1 Å². The standard InChI is InChI=1S/C10H9BrN2O/c1-14-8-4-2-3-6-9(12)7(11)5-13-10(6)8/h2-5H,1H3,(H2,12,13). The van der Waals surface area contributed by atoms with Gasteiger partial charge in [-0.3, -0.25) is 4.98 Å².